The molecule has 3 N–H and O–H groups in total. The second-order valence-corrected chi connectivity index (χ2v) is 5.66. The standard InChI is InChI=1S/C13H8Cl4N2O/c14-7-1-6(2-8(15)3-7)13(20)19-12-10(16)4-9(18)5-11(12)17/h1-5H,18H2,(H,19,20). The Balaban J connectivity index is 2.32. The fraction of sp³-hybridized carbons (Fsp3) is 0. The highest BCUT2D eigenvalue weighted by atomic mass is 35.5. The summed E-state index contributed by atoms with van der Waals surface area (Å²) in [4.78, 5) is 12.1. The van der Waals surface area contributed by atoms with E-state index in [1.54, 1.807) is 0 Å². The third kappa shape index (κ3) is 3.49. The first kappa shape index (κ1) is 15.3. The first-order chi connectivity index (χ1) is 9.36. The third-order valence-corrected chi connectivity index (χ3v) is 3.46. The molecule has 104 valence electrons. The van der Waals surface area contributed by atoms with Crippen molar-refractivity contribution < 1.29 is 4.79 Å². The monoisotopic (exact) mass is 348 g/mol. The summed E-state index contributed by atoms with van der Waals surface area (Å²) in [6.07, 6.45) is 0. The number of nitrogens with one attached hydrogen (secondary N) is 1. The van der Waals surface area contributed by atoms with Gasteiger partial charge in [-0.25, -0.2) is 0 Å². The summed E-state index contributed by atoms with van der Waals surface area (Å²) in [7, 11) is 0. The normalized spacial score (nSPS) is 10.4. The quantitative estimate of drug-likeness (QED) is 0.738. The molecule has 0 saturated heterocycles. The van der Waals surface area contributed by atoms with E-state index in [4.69, 9.17) is 52.1 Å². The van der Waals surface area contributed by atoms with Gasteiger partial charge in [-0.2, -0.15) is 0 Å². The summed E-state index contributed by atoms with van der Waals surface area (Å²) in [5.74, 6) is -0.428. The molecule has 0 atom stereocenters. The van der Waals surface area contributed by atoms with Crippen LogP contribution >= 0.6 is 46.4 Å². The zero-order valence-electron chi connectivity index (χ0n) is 9.88. The predicted molar refractivity (Wildman–Crippen MR) is 85.3 cm³/mol. The van der Waals surface area contributed by atoms with Crippen LogP contribution in [0.15, 0.2) is 30.3 Å². The van der Waals surface area contributed by atoms with Gasteiger partial charge in [-0.3, -0.25) is 4.79 Å². The number of halogens is 4. The van der Waals surface area contributed by atoms with E-state index >= 15 is 0 Å². The smallest absolute Gasteiger partial charge is 0.255 e. The van der Waals surface area contributed by atoms with Crippen LogP contribution in [-0.2, 0) is 0 Å². The average Bonchev–Trinajstić information content (AvgIpc) is 2.32. The molecule has 0 saturated carbocycles. The Morgan fingerprint density at radius 2 is 1.40 bits per heavy atom. The fourth-order valence-electron chi connectivity index (χ4n) is 1.58. The van der Waals surface area contributed by atoms with Crippen molar-refractivity contribution in [1.82, 2.24) is 0 Å². The van der Waals surface area contributed by atoms with Gasteiger partial charge in [0.1, 0.15) is 0 Å². The lowest BCUT2D eigenvalue weighted by atomic mass is 10.2. The maximum absolute atomic E-state index is 12.1. The Morgan fingerprint density at radius 1 is 0.900 bits per heavy atom. The van der Waals surface area contributed by atoms with E-state index < -0.39 is 5.91 Å². The molecule has 2 aromatic rings. The van der Waals surface area contributed by atoms with E-state index in [9.17, 15) is 4.79 Å². The zero-order valence-corrected chi connectivity index (χ0v) is 12.9. The Bertz CT molecular complexity index is 645. The number of nitrogens with two attached hydrogens (primary N) is 1. The molecule has 0 aliphatic carbocycles. The van der Waals surface area contributed by atoms with E-state index in [0.29, 0.717) is 21.3 Å². The van der Waals surface area contributed by atoms with Crippen LogP contribution in [0.2, 0.25) is 20.1 Å². The summed E-state index contributed by atoms with van der Waals surface area (Å²) >= 11 is 23.7. The average molecular weight is 350 g/mol. The summed E-state index contributed by atoms with van der Waals surface area (Å²) in [5.41, 5.74) is 6.58. The summed E-state index contributed by atoms with van der Waals surface area (Å²) < 4.78 is 0. The van der Waals surface area contributed by atoms with Crippen LogP contribution in [-0.4, -0.2) is 5.91 Å². The molecule has 0 unspecified atom stereocenters. The molecule has 0 heterocycles. The predicted octanol–water partition coefficient (Wildman–Crippen LogP) is 5.13. The van der Waals surface area contributed by atoms with Gasteiger partial charge in [0.25, 0.3) is 5.91 Å². The molecule has 0 radical (unpaired) electrons. The molecule has 3 nitrogen and oxygen atoms in total. The second-order valence-electron chi connectivity index (χ2n) is 3.97. The van der Waals surface area contributed by atoms with E-state index in [1.165, 1.54) is 30.3 Å². The number of rotatable bonds is 2. The van der Waals surface area contributed by atoms with Gasteiger partial charge in [-0.05, 0) is 30.3 Å². The first-order valence-corrected chi connectivity index (χ1v) is 6.90. The van der Waals surface area contributed by atoms with Crippen LogP contribution in [0.1, 0.15) is 10.4 Å². The third-order valence-electron chi connectivity index (χ3n) is 2.43. The molecule has 0 bridgehead atoms. The van der Waals surface area contributed by atoms with Crippen molar-refractivity contribution in [1.29, 1.82) is 0 Å². The van der Waals surface area contributed by atoms with E-state index in [1.807, 2.05) is 0 Å². The van der Waals surface area contributed by atoms with Crippen molar-refractivity contribution in [3.63, 3.8) is 0 Å². The summed E-state index contributed by atoms with van der Waals surface area (Å²) in [6.45, 7) is 0. The van der Waals surface area contributed by atoms with Crippen molar-refractivity contribution in [2.75, 3.05) is 11.1 Å². The summed E-state index contributed by atoms with van der Waals surface area (Å²) in [6, 6.07) is 7.49. The van der Waals surface area contributed by atoms with Gasteiger partial charge in [-0.15, -0.1) is 0 Å². The number of anilines is 2. The molecule has 7 heteroatoms. The molecule has 0 aliphatic rings. The molecule has 0 spiro atoms. The van der Waals surface area contributed by atoms with Gasteiger partial charge >= 0.3 is 0 Å². The molecule has 1 amide bonds. The molecular formula is C13H8Cl4N2O. The van der Waals surface area contributed by atoms with E-state index in [2.05, 4.69) is 5.32 Å². The number of nitrogen functional groups attached to an aromatic ring is 1. The van der Waals surface area contributed by atoms with Crippen molar-refractivity contribution in [2.45, 2.75) is 0 Å². The Kier molecular flexibility index (Phi) is 4.66. The Morgan fingerprint density at radius 3 is 1.90 bits per heavy atom. The number of hydrogen-bond donors (Lipinski definition) is 2. The van der Waals surface area contributed by atoms with Gasteiger partial charge in [0.05, 0.1) is 15.7 Å². The second kappa shape index (κ2) is 6.10. The number of amides is 1. The highest BCUT2D eigenvalue weighted by molar-refractivity contribution is 6.40. The van der Waals surface area contributed by atoms with Crippen LogP contribution in [0.3, 0.4) is 0 Å². The van der Waals surface area contributed by atoms with Crippen molar-refractivity contribution >= 4 is 63.7 Å². The van der Waals surface area contributed by atoms with Crippen LogP contribution in [0.25, 0.3) is 0 Å². The largest absolute Gasteiger partial charge is 0.399 e. The molecule has 0 aromatic heterocycles. The number of hydrogen-bond acceptors (Lipinski definition) is 2. The maximum Gasteiger partial charge on any atom is 0.255 e. The minimum atomic E-state index is -0.428. The molecular weight excluding hydrogens is 342 g/mol. The van der Waals surface area contributed by atoms with Crippen molar-refractivity contribution in [3.8, 4) is 0 Å². The lowest BCUT2D eigenvalue weighted by molar-refractivity contribution is 0.102. The van der Waals surface area contributed by atoms with E-state index in [0.717, 1.165) is 0 Å². The maximum atomic E-state index is 12.1. The molecule has 2 rings (SSSR count). The first-order valence-electron chi connectivity index (χ1n) is 5.39. The minimum absolute atomic E-state index is 0.247. The molecule has 2 aromatic carbocycles. The van der Waals surface area contributed by atoms with Crippen LogP contribution < -0.4 is 11.1 Å². The lowest BCUT2D eigenvalue weighted by Gasteiger charge is -2.10. The highest BCUT2D eigenvalue weighted by Crippen LogP contribution is 2.33. The number of carbonyl (C=O) groups excluding carboxylic acids is 1. The van der Waals surface area contributed by atoms with Gasteiger partial charge in [0.15, 0.2) is 0 Å². The van der Waals surface area contributed by atoms with Gasteiger partial charge in [0, 0.05) is 21.3 Å². The molecule has 20 heavy (non-hydrogen) atoms. The Labute approximate surface area is 135 Å². The van der Waals surface area contributed by atoms with Crippen LogP contribution in [0.4, 0.5) is 11.4 Å². The number of benzene rings is 2. The van der Waals surface area contributed by atoms with Crippen LogP contribution in [0, 0.1) is 0 Å². The van der Waals surface area contributed by atoms with Gasteiger partial charge in [-0.1, -0.05) is 46.4 Å². The topological polar surface area (TPSA) is 55.1 Å². The van der Waals surface area contributed by atoms with Gasteiger partial charge < -0.3 is 11.1 Å². The number of carbonyl (C=O) groups is 1. The fourth-order valence-corrected chi connectivity index (χ4v) is 2.71. The van der Waals surface area contributed by atoms with E-state index in [-0.39, 0.29) is 15.7 Å². The van der Waals surface area contributed by atoms with Crippen molar-refractivity contribution in [3.05, 3.63) is 56.0 Å². The SMILES string of the molecule is Nc1cc(Cl)c(NC(=O)c2cc(Cl)cc(Cl)c2)c(Cl)c1. The molecule has 0 fully saturated rings. The minimum Gasteiger partial charge on any atom is -0.399 e. The lowest BCUT2D eigenvalue weighted by Crippen LogP contribution is -2.12. The summed E-state index contributed by atoms with van der Waals surface area (Å²) in [5, 5.41) is 3.81. The Hall–Kier alpha value is -1.13. The zero-order chi connectivity index (χ0) is 14.9. The van der Waals surface area contributed by atoms with Crippen LogP contribution in [0.5, 0.6) is 0 Å². The van der Waals surface area contributed by atoms with Gasteiger partial charge in [0.2, 0.25) is 0 Å². The highest BCUT2D eigenvalue weighted by Gasteiger charge is 2.13. The molecule has 0 aliphatic heterocycles. The van der Waals surface area contributed by atoms with Crippen molar-refractivity contribution in [2.24, 2.45) is 0 Å².